The topological polar surface area (TPSA) is 61.3 Å². The van der Waals surface area contributed by atoms with Crippen molar-refractivity contribution in [2.45, 2.75) is 59.0 Å². The number of nitrogens with zero attached hydrogens (tertiary/aromatic N) is 2. The Morgan fingerprint density at radius 2 is 1.77 bits per heavy atom. The van der Waals surface area contributed by atoms with Crippen molar-refractivity contribution >= 4 is 5.97 Å². The Balaban J connectivity index is 1.78. The van der Waals surface area contributed by atoms with Crippen LogP contribution in [0.1, 0.15) is 52.0 Å². The van der Waals surface area contributed by atoms with E-state index in [1.165, 1.54) is 44.1 Å². The standard InChI is InChI=1S/C21H28N2O3/c1-4-25-16(2)8-6-5-7-9-18-10-12-19(13-11-18)21-22-14-20(15-23-21)26-17(3)24/h10-16H,4-9H2,1-3H3. The van der Waals surface area contributed by atoms with Crippen molar-refractivity contribution in [3.63, 3.8) is 0 Å². The summed E-state index contributed by atoms with van der Waals surface area (Å²) < 4.78 is 10.5. The molecule has 0 aliphatic heterocycles. The fourth-order valence-electron chi connectivity index (χ4n) is 2.81. The molecule has 1 aromatic heterocycles. The fourth-order valence-corrected chi connectivity index (χ4v) is 2.81. The molecule has 1 heterocycles. The third-order valence-electron chi connectivity index (χ3n) is 4.13. The summed E-state index contributed by atoms with van der Waals surface area (Å²) >= 11 is 0. The van der Waals surface area contributed by atoms with Crippen LogP contribution < -0.4 is 4.74 Å². The molecule has 0 spiro atoms. The SMILES string of the molecule is CCOC(C)CCCCCc1ccc(-c2ncc(OC(C)=O)cn2)cc1. The monoisotopic (exact) mass is 356 g/mol. The molecule has 0 amide bonds. The second-order valence-electron chi connectivity index (χ2n) is 6.40. The van der Waals surface area contributed by atoms with Crippen LogP contribution in [0.4, 0.5) is 0 Å². The van der Waals surface area contributed by atoms with Crippen molar-refractivity contribution in [1.29, 1.82) is 0 Å². The maximum atomic E-state index is 10.9. The van der Waals surface area contributed by atoms with E-state index in [9.17, 15) is 4.79 Å². The Morgan fingerprint density at radius 3 is 2.38 bits per heavy atom. The Labute approximate surface area is 155 Å². The van der Waals surface area contributed by atoms with Crippen molar-refractivity contribution < 1.29 is 14.3 Å². The average Bonchev–Trinajstić information content (AvgIpc) is 2.62. The van der Waals surface area contributed by atoms with E-state index >= 15 is 0 Å². The molecule has 0 saturated carbocycles. The lowest BCUT2D eigenvalue weighted by Crippen LogP contribution is -2.07. The maximum Gasteiger partial charge on any atom is 0.308 e. The quantitative estimate of drug-likeness (QED) is 0.460. The number of carbonyl (C=O) groups is 1. The summed E-state index contributed by atoms with van der Waals surface area (Å²) in [5, 5.41) is 0. The molecule has 1 atom stereocenters. The molecule has 1 unspecified atom stereocenters. The van der Waals surface area contributed by atoms with Crippen LogP contribution in [-0.2, 0) is 16.0 Å². The number of hydrogen-bond donors (Lipinski definition) is 0. The van der Waals surface area contributed by atoms with Crippen molar-refractivity contribution in [2.75, 3.05) is 6.61 Å². The van der Waals surface area contributed by atoms with Gasteiger partial charge in [-0.15, -0.1) is 0 Å². The first-order chi connectivity index (χ1) is 12.6. The van der Waals surface area contributed by atoms with E-state index in [1.807, 2.05) is 19.1 Å². The number of ether oxygens (including phenoxy) is 2. The number of hydrogen-bond acceptors (Lipinski definition) is 5. The van der Waals surface area contributed by atoms with Gasteiger partial charge in [0.15, 0.2) is 11.6 Å². The third-order valence-corrected chi connectivity index (χ3v) is 4.13. The van der Waals surface area contributed by atoms with Crippen LogP contribution >= 0.6 is 0 Å². The molecule has 0 aliphatic carbocycles. The van der Waals surface area contributed by atoms with Gasteiger partial charge < -0.3 is 9.47 Å². The first-order valence-electron chi connectivity index (χ1n) is 9.30. The molecular formula is C21H28N2O3. The van der Waals surface area contributed by atoms with Crippen molar-refractivity contribution in [3.8, 4) is 17.1 Å². The molecule has 0 radical (unpaired) electrons. The lowest BCUT2D eigenvalue weighted by Gasteiger charge is -2.10. The van der Waals surface area contributed by atoms with E-state index in [2.05, 4.69) is 29.0 Å². The molecule has 0 saturated heterocycles. The van der Waals surface area contributed by atoms with Crippen LogP contribution in [-0.4, -0.2) is 28.6 Å². The number of carbonyl (C=O) groups excluding carboxylic acids is 1. The zero-order valence-corrected chi connectivity index (χ0v) is 15.9. The molecule has 140 valence electrons. The number of rotatable bonds is 10. The van der Waals surface area contributed by atoms with Gasteiger partial charge >= 0.3 is 5.97 Å². The first kappa shape index (κ1) is 20.0. The van der Waals surface area contributed by atoms with Gasteiger partial charge in [0.2, 0.25) is 0 Å². The molecule has 0 aliphatic rings. The van der Waals surface area contributed by atoms with Crippen molar-refractivity contribution in [1.82, 2.24) is 9.97 Å². The predicted molar refractivity (Wildman–Crippen MR) is 102 cm³/mol. The molecular weight excluding hydrogens is 328 g/mol. The average molecular weight is 356 g/mol. The summed E-state index contributed by atoms with van der Waals surface area (Å²) in [6.45, 7) is 6.33. The van der Waals surface area contributed by atoms with Gasteiger partial charge in [0, 0.05) is 19.1 Å². The van der Waals surface area contributed by atoms with E-state index in [4.69, 9.17) is 9.47 Å². The number of aryl methyl sites for hydroxylation is 1. The van der Waals surface area contributed by atoms with Crippen LogP contribution in [0, 0.1) is 0 Å². The zero-order chi connectivity index (χ0) is 18.8. The van der Waals surface area contributed by atoms with Crippen LogP contribution in [0.15, 0.2) is 36.7 Å². The highest BCUT2D eigenvalue weighted by molar-refractivity contribution is 5.69. The largest absolute Gasteiger partial charge is 0.423 e. The van der Waals surface area contributed by atoms with Gasteiger partial charge in [-0.25, -0.2) is 9.97 Å². The minimum absolute atomic E-state index is 0.358. The summed E-state index contributed by atoms with van der Waals surface area (Å²) in [5.41, 5.74) is 2.27. The van der Waals surface area contributed by atoms with E-state index in [0.717, 1.165) is 25.0 Å². The van der Waals surface area contributed by atoms with Gasteiger partial charge in [-0.2, -0.15) is 0 Å². The Bertz CT molecular complexity index is 669. The lowest BCUT2D eigenvalue weighted by molar-refractivity contribution is -0.131. The molecule has 2 aromatic rings. The highest BCUT2D eigenvalue weighted by atomic mass is 16.5. The minimum Gasteiger partial charge on any atom is -0.423 e. The zero-order valence-electron chi connectivity index (χ0n) is 15.9. The van der Waals surface area contributed by atoms with Crippen LogP contribution in [0.25, 0.3) is 11.4 Å². The van der Waals surface area contributed by atoms with Crippen LogP contribution in [0.5, 0.6) is 5.75 Å². The minimum atomic E-state index is -0.377. The molecule has 26 heavy (non-hydrogen) atoms. The van der Waals surface area contributed by atoms with E-state index in [0.29, 0.717) is 17.7 Å². The molecule has 5 heteroatoms. The van der Waals surface area contributed by atoms with E-state index < -0.39 is 0 Å². The van der Waals surface area contributed by atoms with Crippen molar-refractivity contribution in [2.24, 2.45) is 0 Å². The summed E-state index contributed by atoms with van der Waals surface area (Å²) in [7, 11) is 0. The molecule has 5 nitrogen and oxygen atoms in total. The molecule has 0 fully saturated rings. The van der Waals surface area contributed by atoms with Gasteiger partial charge in [-0.3, -0.25) is 4.79 Å². The number of unbranched alkanes of at least 4 members (excludes halogenated alkanes) is 2. The van der Waals surface area contributed by atoms with Crippen LogP contribution in [0.3, 0.4) is 0 Å². The number of benzene rings is 1. The molecule has 1 aromatic carbocycles. The highest BCUT2D eigenvalue weighted by Crippen LogP contribution is 2.18. The van der Waals surface area contributed by atoms with Gasteiger partial charge in [-0.05, 0) is 38.7 Å². The van der Waals surface area contributed by atoms with Crippen molar-refractivity contribution in [3.05, 3.63) is 42.2 Å². The molecule has 0 bridgehead atoms. The maximum absolute atomic E-state index is 10.9. The van der Waals surface area contributed by atoms with Gasteiger partial charge in [0.25, 0.3) is 0 Å². The summed E-state index contributed by atoms with van der Waals surface area (Å²) in [5.74, 6) is 0.604. The number of aromatic nitrogens is 2. The highest BCUT2D eigenvalue weighted by Gasteiger charge is 2.04. The fraction of sp³-hybridized carbons (Fsp3) is 0.476. The Kier molecular flexibility index (Phi) is 8.22. The van der Waals surface area contributed by atoms with E-state index in [1.54, 1.807) is 0 Å². The smallest absolute Gasteiger partial charge is 0.308 e. The van der Waals surface area contributed by atoms with Gasteiger partial charge in [0.05, 0.1) is 18.5 Å². The Hall–Kier alpha value is -2.27. The Morgan fingerprint density at radius 1 is 1.08 bits per heavy atom. The molecule has 2 rings (SSSR count). The lowest BCUT2D eigenvalue weighted by atomic mass is 10.0. The van der Waals surface area contributed by atoms with Crippen LogP contribution in [0.2, 0.25) is 0 Å². The third kappa shape index (κ3) is 6.92. The second kappa shape index (κ2) is 10.7. The predicted octanol–water partition coefficient (Wildman–Crippen LogP) is 4.60. The van der Waals surface area contributed by atoms with Gasteiger partial charge in [-0.1, -0.05) is 37.1 Å². The summed E-state index contributed by atoms with van der Waals surface area (Å²) in [4.78, 5) is 19.4. The first-order valence-corrected chi connectivity index (χ1v) is 9.30. The van der Waals surface area contributed by atoms with E-state index in [-0.39, 0.29) is 5.97 Å². The second-order valence-corrected chi connectivity index (χ2v) is 6.40. The molecule has 0 N–H and O–H groups in total. The number of esters is 1. The summed E-state index contributed by atoms with van der Waals surface area (Å²) in [6, 6.07) is 8.32. The summed E-state index contributed by atoms with van der Waals surface area (Å²) in [6.07, 6.45) is 9.23. The normalized spacial score (nSPS) is 12.0. The van der Waals surface area contributed by atoms with Gasteiger partial charge in [0.1, 0.15) is 0 Å².